The molecule has 0 saturated carbocycles. The van der Waals surface area contributed by atoms with Crippen LogP contribution in [0.4, 0.5) is 5.95 Å². The number of aryl methyl sites for hydroxylation is 2. The number of nitrogens with zero attached hydrogens (tertiary/aromatic N) is 3. The lowest BCUT2D eigenvalue weighted by molar-refractivity contribution is -0.146. The Morgan fingerprint density at radius 2 is 1.63 bits per heavy atom. The summed E-state index contributed by atoms with van der Waals surface area (Å²) < 4.78 is 9.95. The second kappa shape index (κ2) is 15.0. The molecule has 2 aromatic heterocycles. The topological polar surface area (TPSA) is 170 Å². The van der Waals surface area contributed by atoms with Crippen molar-refractivity contribution in [2.75, 3.05) is 18.5 Å². The lowest BCUT2D eigenvalue weighted by atomic mass is 9.96. The van der Waals surface area contributed by atoms with Gasteiger partial charge in [-0.2, -0.15) is 9.97 Å². The largest absolute Gasteiger partial charge is 0.493 e. The first kappa shape index (κ1) is 32.9. The van der Waals surface area contributed by atoms with Crippen molar-refractivity contribution in [1.82, 2.24) is 20.3 Å². The van der Waals surface area contributed by atoms with Gasteiger partial charge in [0.1, 0.15) is 6.04 Å². The third-order valence-electron chi connectivity index (χ3n) is 6.46. The minimum Gasteiger partial charge on any atom is -0.493 e. The molecule has 0 saturated heterocycles. The molecule has 0 spiro atoms. The van der Waals surface area contributed by atoms with E-state index < -0.39 is 29.3 Å². The summed E-state index contributed by atoms with van der Waals surface area (Å²) in [5, 5.41) is 16.1. The van der Waals surface area contributed by atoms with E-state index in [-0.39, 0.29) is 49.4 Å². The summed E-state index contributed by atoms with van der Waals surface area (Å²) in [4.78, 5) is 61.7. The van der Waals surface area contributed by atoms with Gasteiger partial charge in [-0.3, -0.25) is 19.7 Å². The molecule has 3 N–H and O–H groups in total. The summed E-state index contributed by atoms with van der Waals surface area (Å²) in [6, 6.07) is 7.87. The van der Waals surface area contributed by atoms with Crippen LogP contribution in [-0.2, 0) is 36.7 Å². The molecule has 0 bridgehead atoms. The number of carbonyl (C=O) groups is 4. The summed E-state index contributed by atoms with van der Waals surface area (Å²) >= 11 is 0. The normalized spacial score (nSPS) is 11.9. The van der Waals surface area contributed by atoms with Gasteiger partial charge in [0.15, 0.2) is 5.65 Å². The average molecular weight is 594 g/mol. The van der Waals surface area contributed by atoms with Gasteiger partial charge >= 0.3 is 11.9 Å². The third-order valence-corrected chi connectivity index (χ3v) is 6.46. The Morgan fingerprint density at radius 1 is 0.953 bits per heavy atom. The van der Waals surface area contributed by atoms with Crippen molar-refractivity contribution in [3.63, 3.8) is 0 Å². The van der Waals surface area contributed by atoms with Gasteiger partial charge in [-0.25, -0.2) is 9.78 Å². The predicted octanol–water partition coefficient (Wildman–Crippen LogP) is 3.90. The number of anilines is 1. The number of amides is 2. The van der Waals surface area contributed by atoms with Gasteiger partial charge < -0.3 is 19.9 Å². The van der Waals surface area contributed by atoms with Gasteiger partial charge in [0.2, 0.25) is 17.7 Å². The molecule has 0 radical (unpaired) electrons. The van der Waals surface area contributed by atoms with Gasteiger partial charge in [0.05, 0.1) is 18.6 Å². The van der Waals surface area contributed by atoms with Crippen LogP contribution in [0.25, 0.3) is 11.0 Å². The van der Waals surface area contributed by atoms with Gasteiger partial charge in [0.25, 0.3) is 5.91 Å². The van der Waals surface area contributed by atoms with E-state index in [1.165, 1.54) is 0 Å². The standard InChI is InChI=1S/C31H39N5O7/c1-6-42-24(37)16-15-23(28(40)43-7-2)33-26(38)21-13-11-19(12-14-21)9-8-10-20-17-22-25(32-18-20)34-30(35-27(22)39)36-29(41)31(3,4)5/h11-14,17-18,23H,6-10,15-16H2,1-5H3,(H,33,38)(H2,32,34,35,36,39,41)/t23-/m0/s1. The van der Waals surface area contributed by atoms with Gasteiger partial charge in [-0.15, -0.1) is 0 Å². The minimum absolute atomic E-state index is 0.00427. The lowest BCUT2D eigenvalue weighted by Crippen LogP contribution is -2.42. The number of rotatable bonds is 13. The van der Waals surface area contributed by atoms with E-state index >= 15 is 0 Å². The van der Waals surface area contributed by atoms with Crippen molar-refractivity contribution >= 4 is 40.7 Å². The molecule has 0 aliphatic heterocycles. The highest BCUT2D eigenvalue weighted by atomic mass is 16.5. The van der Waals surface area contributed by atoms with Gasteiger partial charge in [-0.1, -0.05) is 32.9 Å². The van der Waals surface area contributed by atoms with Crippen molar-refractivity contribution < 1.29 is 33.8 Å². The molecule has 12 heteroatoms. The number of aromatic nitrogens is 3. The number of pyridine rings is 1. The first-order chi connectivity index (χ1) is 20.4. The first-order valence-corrected chi connectivity index (χ1v) is 14.3. The fourth-order valence-corrected chi connectivity index (χ4v) is 4.07. The Kier molecular flexibility index (Phi) is 11.5. The molecule has 3 rings (SSSR count). The zero-order valence-corrected chi connectivity index (χ0v) is 25.2. The van der Waals surface area contributed by atoms with Crippen LogP contribution < -0.4 is 10.6 Å². The molecule has 12 nitrogen and oxygen atoms in total. The molecular weight excluding hydrogens is 554 g/mol. The number of hydrogen-bond acceptors (Lipinski definition) is 10. The lowest BCUT2D eigenvalue weighted by Gasteiger charge is -2.17. The number of carbonyl (C=O) groups excluding carboxylic acids is 4. The van der Waals surface area contributed by atoms with Crippen molar-refractivity contribution in [3.05, 3.63) is 53.2 Å². The number of benzene rings is 1. The molecule has 3 aromatic rings. The maximum absolute atomic E-state index is 12.8. The second-order valence-corrected chi connectivity index (χ2v) is 11.0. The average Bonchev–Trinajstić information content (AvgIpc) is 2.95. The van der Waals surface area contributed by atoms with E-state index in [9.17, 15) is 24.3 Å². The Balaban J connectivity index is 1.57. The van der Waals surface area contributed by atoms with E-state index in [2.05, 4.69) is 25.6 Å². The zero-order chi connectivity index (χ0) is 31.6. The summed E-state index contributed by atoms with van der Waals surface area (Å²) in [5.74, 6) is -2.04. The van der Waals surface area contributed by atoms with Crippen LogP contribution >= 0.6 is 0 Å². The van der Waals surface area contributed by atoms with Crippen LogP contribution in [-0.4, -0.2) is 63.1 Å². The summed E-state index contributed by atoms with van der Waals surface area (Å²) in [5.41, 5.74) is 1.92. The van der Waals surface area contributed by atoms with Crippen LogP contribution in [0.15, 0.2) is 36.5 Å². The molecule has 1 aromatic carbocycles. The second-order valence-electron chi connectivity index (χ2n) is 11.0. The van der Waals surface area contributed by atoms with E-state index in [0.717, 1.165) is 24.0 Å². The number of fused-ring (bicyclic) bond motifs is 1. The van der Waals surface area contributed by atoms with E-state index in [1.54, 1.807) is 59.0 Å². The number of nitrogens with one attached hydrogen (secondary N) is 2. The summed E-state index contributed by atoms with van der Waals surface area (Å²) in [6.07, 6.45) is 3.91. The van der Waals surface area contributed by atoms with Crippen molar-refractivity contribution in [1.29, 1.82) is 0 Å². The molecule has 2 heterocycles. The highest BCUT2D eigenvalue weighted by molar-refractivity contribution is 5.97. The summed E-state index contributed by atoms with van der Waals surface area (Å²) in [7, 11) is 0. The molecule has 0 fully saturated rings. The number of esters is 2. The Morgan fingerprint density at radius 3 is 2.28 bits per heavy atom. The van der Waals surface area contributed by atoms with Crippen LogP contribution in [0.1, 0.15) is 75.4 Å². The highest BCUT2D eigenvalue weighted by Crippen LogP contribution is 2.24. The predicted molar refractivity (Wildman–Crippen MR) is 159 cm³/mol. The van der Waals surface area contributed by atoms with Gasteiger partial charge in [-0.05, 0) is 68.9 Å². The van der Waals surface area contributed by atoms with Crippen LogP contribution in [0.2, 0.25) is 0 Å². The first-order valence-electron chi connectivity index (χ1n) is 14.3. The summed E-state index contributed by atoms with van der Waals surface area (Å²) in [6.45, 7) is 9.05. The molecule has 0 unspecified atom stereocenters. The SMILES string of the molecule is CCOC(=O)CC[C@H](NC(=O)c1ccc(CCCc2cnc3nc(NC(=O)C(C)(C)C)nc(O)c3c2)cc1)C(=O)OCC. The van der Waals surface area contributed by atoms with Crippen LogP contribution in [0.3, 0.4) is 0 Å². The number of aromatic hydroxyl groups is 1. The maximum atomic E-state index is 12.8. The number of hydrogen-bond donors (Lipinski definition) is 3. The quantitative estimate of drug-likeness (QED) is 0.247. The molecule has 0 aliphatic carbocycles. The fourth-order valence-electron chi connectivity index (χ4n) is 4.07. The Bertz CT molecular complexity index is 1450. The monoisotopic (exact) mass is 593 g/mol. The van der Waals surface area contributed by atoms with Crippen molar-refractivity contribution in [3.8, 4) is 5.88 Å². The van der Waals surface area contributed by atoms with Crippen molar-refractivity contribution in [2.45, 2.75) is 72.8 Å². The Labute approximate surface area is 250 Å². The molecule has 2 amide bonds. The molecular formula is C31H39N5O7. The molecule has 0 aliphatic rings. The third kappa shape index (κ3) is 9.73. The molecule has 230 valence electrons. The molecule has 1 atom stereocenters. The smallest absolute Gasteiger partial charge is 0.328 e. The zero-order valence-electron chi connectivity index (χ0n) is 25.2. The number of ether oxygens (including phenoxy) is 2. The van der Waals surface area contributed by atoms with Crippen molar-refractivity contribution in [2.24, 2.45) is 5.41 Å². The highest BCUT2D eigenvalue weighted by Gasteiger charge is 2.24. The maximum Gasteiger partial charge on any atom is 0.328 e. The van der Waals surface area contributed by atoms with E-state index in [0.29, 0.717) is 17.4 Å². The Hall–Kier alpha value is -4.61. The van der Waals surface area contributed by atoms with Crippen LogP contribution in [0.5, 0.6) is 5.88 Å². The van der Waals surface area contributed by atoms with Gasteiger partial charge in [0, 0.05) is 23.6 Å². The van der Waals surface area contributed by atoms with Crippen LogP contribution in [0, 0.1) is 5.41 Å². The van der Waals surface area contributed by atoms with E-state index in [1.807, 2.05) is 12.1 Å². The minimum atomic E-state index is -0.967. The fraction of sp³-hybridized carbons (Fsp3) is 0.452. The molecule has 43 heavy (non-hydrogen) atoms. The van der Waals surface area contributed by atoms with E-state index in [4.69, 9.17) is 9.47 Å².